The molecular weight excluding hydrogens is 226 g/mol. The lowest BCUT2D eigenvalue weighted by Gasteiger charge is -2.10. The van der Waals surface area contributed by atoms with Crippen LogP contribution in [-0.2, 0) is 20.0 Å². The Balaban J connectivity index is 2.15. The summed E-state index contributed by atoms with van der Waals surface area (Å²) in [6, 6.07) is 0. The number of imidazole rings is 1. The van der Waals surface area contributed by atoms with E-state index in [0.29, 0.717) is 5.92 Å². The summed E-state index contributed by atoms with van der Waals surface area (Å²) < 4.78 is 3.98. The van der Waals surface area contributed by atoms with Gasteiger partial charge in [0.05, 0.1) is 42.3 Å². The first-order valence-electron chi connectivity index (χ1n) is 6.33. The summed E-state index contributed by atoms with van der Waals surface area (Å²) in [6.45, 7) is 5.16. The minimum atomic E-state index is 0.671. The van der Waals surface area contributed by atoms with E-state index in [9.17, 15) is 0 Å². The van der Waals surface area contributed by atoms with Crippen LogP contribution in [0.1, 0.15) is 31.7 Å². The van der Waals surface area contributed by atoms with Gasteiger partial charge in [0.1, 0.15) is 0 Å². The fourth-order valence-corrected chi connectivity index (χ4v) is 1.95. The molecule has 5 nitrogen and oxygen atoms in total. The third kappa shape index (κ3) is 2.72. The van der Waals surface area contributed by atoms with Gasteiger partial charge in [-0.05, 0) is 18.8 Å². The fourth-order valence-electron chi connectivity index (χ4n) is 1.95. The Kier molecular flexibility index (Phi) is 3.69. The number of aromatic nitrogens is 4. The highest BCUT2D eigenvalue weighted by molar-refractivity contribution is 5.41. The fraction of sp³-hybridized carbons (Fsp3) is 0.538. The van der Waals surface area contributed by atoms with E-state index in [1.807, 2.05) is 22.5 Å². The quantitative estimate of drug-likeness (QED) is 0.877. The molecule has 0 aliphatic carbocycles. The molecule has 0 aliphatic heterocycles. The Hall–Kier alpha value is -1.78. The molecule has 5 heteroatoms. The van der Waals surface area contributed by atoms with Crippen molar-refractivity contribution in [3.8, 4) is 0 Å². The van der Waals surface area contributed by atoms with Gasteiger partial charge in [-0.2, -0.15) is 5.10 Å². The van der Waals surface area contributed by atoms with Gasteiger partial charge in [0.25, 0.3) is 0 Å². The highest BCUT2D eigenvalue weighted by Crippen LogP contribution is 2.17. The zero-order valence-electron chi connectivity index (χ0n) is 11.3. The van der Waals surface area contributed by atoms with E-state index in [1.54, 1.807) is 12.5 Å². The predicted octanol–water partition coefficient (Wildman–Crippen LogP) is 1.84. The van der Waals surface area contributed by atoms with Gasteiger partial charge in [-0.3, -0.25) is 4.68 Å². The molecule has 98 valence electrons. The maximum Gasteiger partial charge on any atom is 0.0946 e. The minimum Gasteiger partial charge on any atom is -0.396 e. The van der Waals surface area contributed by atoms with Gasteiger partial charge in [0, 0.05) is 7.05 Å². The van der Waals surface area contributed by atoms with E-state index in [4.69, 9.17) is 5.73 Å². The monoisotopic (exact) mass is 247 g/mol. The summed E-state index contributed by atoms with van der Waals surface area (Å²) in [6.07, 6.45) is 7.51. The van der Waals surface area contributed by atoms with Crippen molar-refractivity contribution in [1.82, 2.24) is 19.3 Å². The summed E-state index contributed by atoms with van der Waals surface area (Å²) in [5.74, 6) is 0.671. The van der Waals surface area contributed by atoms with Crippen LogP contribution in [0.5, 0.6) is 0 Å². The standard InChI is InChI=1S/C13H21N5/c1-10(2)4-5-13-12(14)7-16-18(13)8-11-6-15-9-17(11)3/h6-7,9-10H,4-5,8,14H2,1-3H3. The highest BCUT2D eigenvalue weighted by atomic mass is 15.3. The smallest absolute Gasteiger partial charge is 0.0946 e. The zero-order valence-corrected chi connectivity index (χ0v) is 11.3. The van der Waals surface area contributed by atoms with Crippen molar-refractivity contribution in [1.29, 1.82) is 0 Å². The predicted molar refractivity (Wildman–Crippen MR) is 72.1 cm³/mol. The van der Waals surface area contributed by atoms with Crippen molar-refractivity contribution in [3.05, 3.63) is 30.1 Å². The van der Waals surface area contributed by atoms with Crippen LogP contribution in [0.15, 0.2) is 18.7 Å². The molecule has 0 aliphatic rings. The largest absolute Gasteiger partial charge is 0.396 e. The molecule has 0 saturated heterocycles. The molecule has 0 fully saturated rings. The van der Waals surface area contributed by atoms with E-state index < -0.39 is 0 Å². The molecule has 18 heavy (non-hydrogen) atoms. The van der Waals surface area contributed by atoms with Crippen LogP contribution >= 0.6 is 0 Å². The van der Waals surface area contributed by atoms with Crippen LogP contribution < -0.4 is 5.73 Å². The number of nitrogens with zero attached hydrogens (tertiary/aromatic N) is 4. The summed E-state index contributed by atoms with van der Waals surface area (Å²) in [4.78, 5) is 4.12. The topological polar surface area (TPSA) is 61.7 Å². The van der Waals surface area contributed by atoms with Crippen LogP contribution in [0.25, 0.3) is 0 Å². The third-order valence-electron chi connectivity index (χ3n) is 3.17. The van der Waals surface area contributed by atoms with Crippen LogP contribution in [0.2, 0.25) is 0 Å². The summed E-state index contributed by atoms with van der Waals surface area (Å²) >= 11 is 0. The van der Waals surface area contributed by atoms with E-state index >= 15 is 0 Å². The molecule has 0 unspecified atom stereocenters. The normalized spacial score (nSPS) is 11.3. The van der Waals surface area contributed by atoms with Gasteiger partial charge in [-0.1, -0.05) is 13.8 Å². The molecule has 2 N–H and O–H groups in total. The van der Waals surface area contributed by atoms with Crippen molar-refractivity contribution < 1.29 is 0 Å². The maximum atomic E-state index is 5.99. The van der Waals surface area contributed by atoms with E-state index in [-0.39, 0.29) is 0 Å². The molecule has 0 atom stereocenters. The molecule has 0 aromatic carbocycles. The summed E-state index contributed by atoms with van der Waals surface area (Å²) in [5, 5.41) is 4.36. The first kappa shape index (κ1) is 12.7. The number of hydrogen-bond acceptors (Lipinski definition) is 3. The first-order chi connectivity index (χ1) is 8.58. The minimum absolute atomic E-state index is 0.671. The molecule has 0 radical (unpaired) electrons. The second kappa shape index (κ2) is 5.25. The summed E-state index contributed by atoms with van der Waals surface area (Å²) in [7, 11) is 1.99. The van der Waals surface area contributed by atoms with Crippen molar-refractivity contribution >= 4 is 5.69 Å². The number of nitrogens with two attached hydrogens (primary N) is 1. The number of rotatable bonds is 5. The Morgan fingerprint density at radius 1 is 1.33 bits per heavy atom. The molecule has 2 rings (SSSR count). The number of hydrogen-bond donors (Lipinski definition) is 1. The maximum absolute atomic E-state index is 5.99. The second-order valence-electron chi connectivity index (χ2n) is 5.13. The molecule has 2 aromatic heterocycles. The molecule has 0 amide bonds. The SMILES string of the molecule is CC(C)CCc1c(N)cnn1Cc1cncn1C. The number of aryl methyl sites for hydroxylation is 1. The van der Waals surface area contributed by atoms with Crippen LogP contribution in [0, 0.1) is 5.92 Å². The van der Waals surface area contributed by atoms with E-state index in [0.717, 1.165) is 36.5 Å². The van der Waals surface area contributed by atoms with E-state index in [1.165, 1.54) is 0 Å². The molecule has 0 bridgehead atoms. The average Bonchev–Trinajstić information content (AvgIpc) is 2.85. The van der Waals surface area contributed by atoms with Gasteiger partial charge < -0.3 is 10.3 Å². The van der Waals surface area contributed by atoms with E-state index in [2.05, 4.69) is 23.9 Å². The molecule has 2 aromatic rings. The van der Waals surface area contributed by atoms with Gasteiger partial charge in [0.2, 0.25) is 0 Å². The zero-order chi connectivity index (χ0) is 13.1. The second-order valence-corrected chi connectivity index (χ2v) is 5.13. The lowest BCUT2D eigenvalue weighted by atomic mass is 10.1. The molecule has 0 spiro atoms. The van der Waals surface area contributed by atoms with Crippen molar-refractivity contribution in [2.45, 2.75) is 33.2 Å². The first-order valence-corrected chi connectivity index (χ1v) is 6.33. The van der Waals surface area contributed by atoms with Crippen LogP contribution in [-0.4, -0.2) is 19.3 Å². The average molecular weight is 247 g/mol. The molecule has 2 heterocycles. The number of nitrogen functional groups attached to an aromatic ring is 1. The highest BCUT2D eigenvalue weighted by Gasteiger charge is 2.10. The lowest BCUT2D eigenvalue weighted by Crippen LogP contribution is -2.10. The third-order valence-corrected chi connectivity index (χ3v) is 3.17. The van der Waals surface area contributed by atoms with Crippen LogP contribution in [0.4, 0.5) is 5.69 Å². The Morgan fingerprint density at radius 2 is 2.11 bits per heavy atom. The molecule has 0 saturated carbocycles. The van der Waals surface area contributed by atoms with Gasteiger partial charge in [0.15, 0.2) is 0 Å². The number of anilines is 1. The van der Waals surface area contributed by atoms with Gasteiger partial charge in [-0.25, -0.2) is 4.98 Å². The van der Waals surface area contributed by atoms with Crippen LogP contribution in [0.3, 0.4) is 0 Å². The Labute approximate surface area is 108 Å². The van der Waals surface area contributed by atoms with Gasteiger partial charge >= 0.3 is 0 Å². The molecular formula is C13H21N5. The van der Waals surface area contributed by atoms with Crippen molar-refractivity contribution in [2.75, 3.05) is 5.73 Å². The van der Waals surface area contributed by atoms with Crippen molar-refractivity contribution in [3.63, 3.8) is 0 Å². The van der Waals surface area contributed by atoms with Gasteiger partial charge in [-0.15, -0.1) is 0 Å². The summed E-state index contributed by atoms with van der Waals surface area (Å²) in [5.41, 5.74) is 9.04. The lowest BCUT2D eigenvalue weighted by molar-refractivity contribution is 0.549. The Bertz CT molecular complexity index is 509. The van der Waals surface area contributed by atoms with Crippen molar-refractivity contribution in [2.24, 2.45) is 13.0 Å². The Morgan fingerprint density at radius 3 is 2.72 bits per heavy atom.